The van der Waals surface area contributed by atoms with Gasteiger partial charge in [0.05, 0.1) is 0 Å². The summed E-state index contributed by atoms with van der Waals surface area (Å²) in [6.07, 6.45) is 2.25. The SMILES string of the molecule is CCn1cc(CNC(C)C)c2cc(CN)ccc21. The van der Waals surface area contributed by atoms with E-state index in [1.54, 1.807) is 0 Å². The van der Waals surface area contributed by atoms with Gasteiger partial charge in [-0.1, -0.05) is 19.9 Å². The second-order valence-corrected chi connectivity index (χ2v) is 5.03. The Morgan fingerprint density at radius 2 is 2.11 bits per heavy atom. The minimum absolute atomic E-state index is 0.503. The number of benzene rings is 1. The molecular weight excluding hydrogens is 222 g/mol. The van der Waals surface area contributed by atoms with E-state index in [1.807, 2.05) is 0 Å². The molecule has 0 saturated carbocycles. The molecule has 0 saturated heterocycles. The van der Waals surface area contributed by atoms with Crippen molar-refractivity contribution in [2.24, 2.45) is 5.73 Å². The van der Waals surface area contributed by atoms with Crippen LogP contribution in [0, 0.1) is 0 Å². The number of aromatic nitrogens is 1. The number of fused-ring (bicyclic) bond motifs is 1. The van der Waals surface area contributed by atoms with Crippen molar-refractivity contribution in [3.05, 3.63) is 35.5 Å². The maximum atomic E-state index is 5.73. The summed E-state index contributed by atoms with van der Waals surface area (Å²) in [6.45, 7) is 9.03. The third-order valence-corrected chi connectivity index (χ3v) is 3.31. The maximum absolute atomic E-state index is 5.73. The molecule has 2 aromatic rings. The van der Waals surface area contributed by atoms with E-state index in [1.165, 1.54) is 22.0 Å². The van der Waals surface area contributed by atoms with Crippen molar-refractivity contribution in [3.8, 4) is 0 Å². The summed E-state index contributed by atoms with van der Waals surface area (Å²) in [5.41, 5.74) is 9.58. The molecule has 2 rings (SSSR count). The fourth-order valence-electron chi connectivity index (χ4n) is 2.26. The van der Waals surface area contributed by atoms with Crippen molar-refractivity contribution in [1.82, 2.24) is 9.88 Å². The highest BCUT2D eigenvalue weighted by Crippen LogP contribution is 2.23. The summed E-state index contributed by atoms with van der Waals surface area (Å²) < 4.78 is 2.30. The van der Waals surface area contributed by atoms with E-state index in [4.69, 9.17) is 5.73 Å². The molecule has 1 heterocycles. The highest BCUT2D eigenvalue weighted by atomic mass is 15.0. The van der Waals surface area contributed by atoms with Crippen LogP contribution in [0.1, 0.15) is 31.9 Å². The van der Waals surface area contributed by atoms with Crippen molar-refractivity contribution >= 4 is 10.9 Å². The van der Waals surface area contributed by atoms with Crippen LogP contribution in [-0.4, -0.2) is 10.6 Å². The Hall–Kier alpha value is -1.32. The van der Waals surface area contributed by atoms with Crippen LogP contribution in [0.25, 0.3) is 10.9 Å². The summed E-state index contributed by atoms with van der Waals surface area (Å²) in [5, 5.41) is 4.81. The van der Waals surface area contributed by atoms with Crippen molar-refractivity contribution < 1.29 is 0 Å². The fourth-order valence-corrected chi connectivity index (χ4v) is 2.26. The minimum Gasteiger partial charge on any atom is -0.347 e. The van der Waals surface area contributed by atoms with Gasteiger partial charge in [0.25, 0.3) is 0 Å². The summed E-state index contributed by atoms with van der Waals surface area (Å²) in [4.78, 5) is 0. The average Bonchev–Trinajstić information content (AvgIpc) is 2.73. The van der Waals surface area contributed by atoms with Gasteiger partial charge in [0.1, 0.15) is 0 Å². The number of hydrogen-bond acceptors (Lipinski definition) is 2. The lowest BCUT2D eigenvalue weighted by Crippen LogP contribution is -2.21. The van der Waals surface area contributed by atoms with Crippen LogP contribution in [0.2, 0.25) is 0 Å². The Morgan fingerprint density at radius 1 is 1.33 bits per heavy atom. The van der Waals surface area contributed by atoms with E-state index in [-0.39, 0.29) is 0 Å². The second kappa shape index (κ2) is 5.55. The molecule has 0 spiro atoms. The van der Waals surface area contributed by atoms with Gasteiger partial charge in [-0.3, -0.25) is 0 Å². The van der Waals surface area contributed by atoms with E-state index in [9.17, 15) is 0 Å². The Bertz CT molecular complexity index is 526. The van der Waals surface area contributed by atoms with E-state index in [0.29, 0.717) is 12.6 Å². The molecule has 0 aliphatic heterocycles. The number of nitrogens with one attached hydrogen (secondary N) is 1. The quantitative estimate of drug-likeness (QED) is 0.850. The van der Waals surface area contributed by atoms with E-state index in [0.717, 1.165) is 13.1 Å². The Labute approximate surface area is 109 Å². The van der Waals surface area contributed by atoms with Crippen LogP contribution in [0.15, 0.2) is 24.4 Å². The summed E-state index contributed by atoms with van der Waals surface area (Å²) in [5.74, 6) is 0. The Balaban J connectivity index is 2.43. The third-order valence-electron chi connectivity index (χ3n) is 3.31. The largest absolute Gasteiger partial charge is 0.347 e. The number of nitrogens with zero attached hydrogens (tertiary/aromatic N) is 1. The van der Waals surface area contributed by atoms with Crippen molar-refractivity contribution in [3.63, 3.8) is 0 Å². The monoisotopic (exact) mass is 245 g/mol. The normalized spacial score (nSPS) is 11.6. The molecule has 1 aromatic carbocycles. The zero-order chi connectivity index (χ0) is 13.1. The predicted molar refractivity (Wildman–Crippen MR) is 77.5 cm³/mol. The third kappa shape index (κ3) is 2.57. The van der Waals surface area contributed by atoms with Crippen molar-refractivity contribution in [1.29, 1.82) is 0 Å². The molecule has 0 aliphatic carbocycles. The second-order valence-electron chi connectivity index (χ2n) is 5.03. The molecule has 3 nitrogen and oxygen atoms in total. The van der Waals surface area contributed by atoms with Gasteiger partial charge < -0.3 is 15.6 Å². The highest BCUT2D eigenvalue weighted by molar-refractivity contribution is 5.84. The lowest BCUT2D eigenvalue weighted by molar-refractivity contribution is 0.589. The van der Waals surface area contributed by atoms with E-state index < -0.39 is 0 Å². The minimum atomic E-state index is 0.503. The van der Waals surface area contributed by atoms with E-state index >= 15 is 0 Å². The van der Waals surface area contributed by atoms with Gasteiger partial charge in [0.2, 0.25) is 0 Å². The molecule has 0 atom stereocenters. The Morgan fingerprint density at radius 3 is 2.72 bits per heavy atom. The number of rotatable bonds is 5. The first kappa shape index (κ1) is 13.1. The van der Waals surface area contributed by atoms with Gasteiger partial charge in [-0.05, 0) is 30.2 Å². The summed E-state index contributed by atoms with van der Waals surface area (Å²) >= 11 is 0. The molecule has 0 radical (unpaired) electrons. The van der Waals surface area contributed by atoms with Gasteiger partial charge in [0.15, 0.2) is 0 Å². The molecule has 98 valence electrons. The first-order valence-electron chi connectivity index (χ1n) is 6.69. The smallest absolute Gasteiger partial charge is 0.0483 e. The number of nitrogens with two attached hydrogens (primary N) is 1. The predicted octanol–water partition coefficient (Wildman–Crippen LogP) is 2.62. The molecule has 1 aromatic heterocycles. The summed E-state index contributed by atoms with van der Waals surface area (Å²) in [6, 6.07) is 7.02. The molecule has 0 fully saturated rings. The van der Waals surface area contributed by atoms with Crippen LogP contribution in [-0.2, 0) is 19.6 Å². The van der Waals surface area contributed by atoms with Crippen molar-refractivity contribution in [2.45, 2.75) is 46.4 Å². The van der Waals surface area contributed by atoms with Gasteiger partial charge >= 0.3 is 0 Å². The molecule has 0 unspecified atom stereocenters. The van der Waals surface area contributed by atoms with Crippen LogP contribution in [0.3, 0.4) is 0 Å². The first-order chi connectivity index (χ1) is 8.65. The van der Waals surface area contributed by atoms with Gasteiger partial charge in [-0.15, -0.1) is 0 Å². The molecule has 3 heteroatoms. The number of hydrogen-bond donors (Lipinski definition) is 2. The molecule has 0 amide bonds. The lowest BCUT2D eigenvalue weighted by Gasteiger charge is -2.07. The molecule has 18 heavy (non-hydrogen) atoms. The van der Waals surface area contributed by atoms with Crippen LogP contribution < -0.4 is 11.1 Å². The lowest BCUT2D eigenvalue weighted by atomic mass is 10.1. The molecule has 0 bridgehead atoms. The molecular formula is C15H23N3. The fraction of sp³-hybridized carbons (Fsp3) is 0.467. The van der Waals surface area contributed by atoms with Crippen LogP contribution >= 0.6 is 0 Å². The van der Waals surface area contributed by atoms with Crippen molar-refractivity contribution in [2.75, 3.05) is 0 Å². The maximum Gasteiger partial charge on any atom is 0.0483 e. The molecule has 0 aliphatic rings. The van der Waals surface area contributed by atoms with Gasteiger partial charge in [0, 0.05) is 42.8 Å². The van der Waals surface area contributed by atoms with Gasteiger partial charge in [-0.25, -0.2) is 0 Å². The topological polar surface area (TPSA) is 43.0 Å². The average molecular weight is 245 g/mol. The zero-order valence-electron chi connectivity index (χ0n) is 11.5. The van der Waals surface area contributed by atoms with Crippen LogP contribution in [0.4, 0.5) is 0 Å². The van der Waals surface area contributed by atoms with Gasteiger partial charge in [-0.2, -0.15) is 0 Å². The molecule has 3 N–H and O–H groups in total. The highest BCUT2D eigenvalue weighted by Gasteiger charge is 2.08. The van der Waals surface area contributed by atoms with Crippen LogP contribution in [0.5, 0.6) is 0 Å². The zero-order valence-corrected chi connectivity index (χ0v) is 11.5. The Kier molecular flexibility index (Phi) is 4.04. The number of aryl methyl sites for hydroxylation is 1. The standard InChI is InChI=1S/C15H23N3/c1-4-18-10-13(9-17-11(2)3)14-7-12(8-16)5-6-15(14)18/h5-7,10-11,17H,4,8-9,16H2,1-3H3. The first-order valence-corrected chi connectivity index (χ1v) is 6.69. The van der Waals surface area contributed by atoms with E-state index in [2.05, 4.69) is 55.1 Å². The summed E-state index contributed by atoms with van der Waals surface area (Å²) in [7, 11) is 0.